The van der Waals surface area contributed by atoms with Crippen LogP contribution in [0.15, 0.2) is 24.3 Å². The summed E-state index contributed by atoms with van der Waals surface area (Å²) in [5, 5.41) is 12.8. The smallest absolute Gasteiger partial charge is 0.257 e. The van der Waals surface area contributed by atoms with E-state index in [4.69, 9.17) is 0 Å². The van der Waals surface area contributed by atoms with Crippen LogP contribution in [0.1, 0.15) is 43.5 Å². The zero-order chi connectivity index (χ0) is 16.1. The van der Waals surface area contributed by atoms with E-state index >= 15 is 0 Å². The molecule has 0 unspecified atom stereocenters. The van der Waals surface area contributed by atoms with Crippen molar-refractivity contribution in [3.05, 3.63) is 29.8 Å². The lowest BCUT2D eigenvalue weighted by Gasteiger charge is -2.32. The van der Waals surface area contributed by atoms with Crippen LogP contribution in [0.2, 0.25) is 0 Å². The molecule has 0 aliphatic carbocycles. The number of piperidine rings is 1. The SMILES string of the molecule is CC(C)CC(=O)NC1CCN(C(=O)c2ccccc2O)CC1. The molecule has 0 radical (unpaired) electrons. The van der Waals surface area contributed by atoms with E-state index in [9.17, 15) is 14.7 Å². The second-order valence-electron chi connectivity index (χ2n) is 6.25. The number of nitrogens with zero attached hydrogens (tertiary/aromatic N) is 1. The quantitative estimate of drug-likeness (QED) is 0.895. The van der Waals surface area contributed by atoms with Gasteiger partial charge in [-0.25, -0.2) is 0 Å². The van der Waals surface area contributed by atoms with Crippen LogP contribution in [0.3, 0.4) is 0 Å². The molecule has 1 aromatic carbocycles. The molecule has 5 nitrogen and oxygen atoms in total. The number of carbonyl (C=O) groups excluding carboxylic acids is 2. The first-order valence-corrected chi connectivity index (χ1v) is 7.84. The first-order valence-electron chi connectivity index (χ1n) is 7.84. The summed E-state index contributed by atoms with van der Waals surface area (Å²) in [6.07, 6.45) is 2.05. The molecule has 0 saturated carbocycles. The van der Waals surface area contributed by atoms with Gasteiger partial charge >= 0.3 is 0 Å². The van der Waals surface area contributed by atoms with Crippen LogP contribution in [0.5, 0.6) is 5.75 Å². The van der Waals surface area contributed by atoms with Gasteiger partial charge in [0, 0.05) is 25.6 Å². The lowest BCUT2D eigenvalue weighted by Crippen LogP contribution is -2.46. The predicted octanol–water partition coefficient (Wildman–Crippen LogP) is 2.16. The number of phenolic OH excluding ortho intramolecular Hbond substituents is 1. The Kier molecular flexibility index (Phi) is 5.41. The van der Waals surface area contributed by atoms with Crippen LogP contribution in [-0.4, -0.2) is 41.0 Å². The third kappa shape index (κ3) is 4.23. The van der Waals surface area contributed by atoms with Crippen molar-refractivity contribution in [2.24, 2.45) is 5.92 Å². The second-order valence-corrected chi connectivity index (χ2v) is 6.25. The van der Waals surface area contributed by atoms with Gasteiger partial charge in [-0.3, -0.25) is 9.59 Å². The Hall–Kier alpha value is -2.04. The standard InChI is InChI=1S/C17H24N2O3/c1-12(2)11-16(21)18-13-7-9-19(10-8-13)17(22)14-5-3-4-6-15(14)20/h3-6,12-13,20H,7-11H2,1-2H3,(H,18,21). The molecule has 1 fully saturated rings. The zero-order valence-corrected chi connectivity index (χ0v) is 13.2. The molecule has 5 heteroatoms. The summed E-state index contributed by atoms with van der Waals surface area (Å²) in [5.41, 5.74) is 0.338. The van der Waals surface area contributed by atoms with E-state index < -0.39 is 0 Å². The van der Waals surface area contributed by atoms with Crippen LogP contribution in [0.25, 0.3) is 0 Å². The minimum Gasteiger partial charge on any atom is -0.507 e. The number of hydrogen-bond acceptors (Lipinski definition) is 3. The fourth-order valence-electron chi connectivity index (χ4n) is 2.71. The van der Waals surface area contributed by atoms with E-state index in [0.29, 0.717) is 31.0 Å². The maximum Gasteiger partial charge on any atom is 0.257 e. The number of aromatic hydroxyl groups is 1. The number of benzene rings is 1. The average Bonchev–Trinajstić information content (AvgIpc) is 2.47. The summed E-state index contributed by atoms with van der Waals surface area (Å²) in [6, 6.07) is 6.73. The van der Waals surface area contributed by atoms with Gasteiger partial charge < -0.3 is 15.3 Å². The number of amides is 2. The van der Waals surface area contributed by atoms with Crippen molar-refractivity contribution in [2.45, 2.75) is 39.2 Å². The molecule has 2 rings (SSSR count). The van der Waals surface area contributed by atoms with Gasteiger partial charge in [0.25, 0.3) is 5.91 Å². The largest absolute Gasteiger partial charge is 0.507 e. The number of carbonyl (C=O) groups is 2. The molecule has 22 heavy (non-hydrogen) atoms. The number of likely N-dealkylation sites (tertiary alicyclic amines) is 1. The van der Waals surface area contributed by atoms with E-state index in [2.05, 4.69) is 5.32 Å². The molecular weight excluding hydrogens is 280 g/mol. The summed E-state index contributed by atoms with van der Waals surface area (Å²) in [4.78, 5) is 25.9. The van der Waals surface area contributed by atoms with E-state index in [1.165, 1.54) is 6.07 Å². The molecule has 1 aliphatic heterocycles. The zero-order valence-electron chi connectivity index (χ0n) is 13.2. The number of phenols is 1. The fraction of sp³-hybridized carbons (Fsp3) is 0.529. The molecular formula is C17H24N2O3. The van der Waals surface area contributed by atoms with Crippen molar-refractivity contribution in [3.8, 4) is 5.75 Å². The Morgan fingerprint density at radius 1 is 1.27 bits per heavy atom. The highest BCUT2D eigenvalue weighted by Gasteiger charge is 2.25. The summed E-state index contributed by atoms with van der Waals surface area (Å²) < 4.78 is 0. The van der Waals surface area contributed by atoms with Gasteiger partial charge in [-0.15, -0.1) is 0 Å². The predicted molar refractivity (Wildman–Crippen MR) is 84.6 cm³/mol. The molecule has 0 bridgehead atoms. The van der Waals surface area contributed by atoms with Gasteiger partial charge in [0.2, 0.25) is 5.91 Å². The minimum absolute atomic E-state index is 0.0138. The number of para-hydroxylation sites is 1. The molecule has 120 valence electrons. The van der Waals surface area contributed by atoms with Crippen LogP contribution in [0.4, 0.5) is 0 Å². The lowest BCUT2D eigenvalue weighted by molar-refractivity contribution is -0.122. The van der Waals surface area contributed by atoms with Crippen molar-refractivity contribution < 1.29 is 14.7 Å². The van der Waals surface area contributed by atoms with Crippen molar-refractivity contribution >= 4 is 11.8 Å². The number of hydrogen-bond donors (Lipinski definition) is 2. The third-order valence-electron chi connectivity index (χ3n) is 3.88. The Morgan fingerprint density at radius 3 is 2.50 bits per heavy atom. The maximum atomic E-state index is 12.4. The van der Waals surface area contributed by atoms with Gasteiger partial charge in [0.1, 0.15) is 5.75 Å². The lowest BCUT2D eigenvalue weighted by atomic mass is 10.0. The van der Waals surface area contributed by atoms with Crippen molar-refractivity contribution in [3.63, 3.8) is 0 Å². The molecule has 0 aromatic heterocycles. The molecule has 1 saturated heterocycles. The highest BCUT2D eigenvalue weighted by Crippen LogP contribution is 2.20. The molecule has 2 amide bonds. The Morgan fingerprint density at radius 2 is 1.91 bits per heavy atom. The second kappa shape index (κ2) is 7.29. The fourth-order valence-corrected chi connectivity index (χ4v) is 2.71. The molecule has 1 aromatic rings. The van der Waals surface area contributed by atoms with Crippen molar-refractivity contribution in [1.29, 1.82) is 0 Å². The first kappa shape index (κ1) is 16.3. The van der Waals surface area contributed by atoms with Gasteiger partial charge in [-0.05, 0) is 30.9 Å². The average molecular weight is 304 g/mol. The van der Waals surface area contributed by atoms with E-state index in [1.54, 1.807) is 23.1 Å². The summed E-state index contributed by atoms with van der Waals surface area (Å²) in [7, 11) is 0. The monoisotopic (exact) mass is 304 g/mol. The topological polar surface area (TPSA) is 69.6 Å². The highest BCUT2D eigenvalue weighted by atomic mass is 16.3. The molecule has 0 atom stereocenters. The first-order chi connectivity index (χ1) is 10.5. The van der Waals surface area contributed by atoms with Gasteiger partial charge in [-0.1, -0.05) is 26.0 Å². The number of nitrogens with one attached hydrogen (secondary N) is 1. The van der Waals surface area contributed by atoms with Crippen molar-refractivity contribution in [2.75, 3.05) is 13.1 Å². The van der Waals surface area contributed by atoms with Gasteiger partial charge in [0.05, 0.1) is 5.56 Å². The van der Waals surface area contributed by atoms with E-state index in [-0.39, 0.29) is 23.6 Å². The van der Waals surface area contributed by atoms with Crippen LogP contribution >= 0.6 is 0 Å². The van der Waals surface area contributed by atoms with Crippen LogP contribution < -0.4 is 5.32 Å². The Balaban J connectivity index is 1.86. The third-order valence-corrected chi connectivity index (χ3v) is 3.88. The molecule has 1 aliphatic rings. The van der Waals surface area contributed by atoms with E-state index in [1.807, 2.05) is 13.8 Å². The molecule has 0 spiro atoms. The van der Waals surface area contributed by atoms with Gasteiger partial charge in [-0.2, -0.15) is 0 Å². The van der Waals surface area contributed by atoms with E-state index in [0.717, 1.165) is 12.8 Å². The Bertz CT molecular complexity index is 534. The molecule has 2 N–H and O–H groups in total. The van der Waals surface area contributed by atoms with Crippen molar-refractivity contribution in [1.82, 2.24) is 10.2 Å². The number of rotatable bonds is 4. The normalized spacial score (nSPS) is 15.9. The molecule has 1 heterocycles. The van der Waals surface area contributed by atoms with Crippen LogP contribution in [0, 0.1) is 5.92 Å². The summed E-state index contributed by atoms with van der Waals surface area (Å²) in [5.74, 6) is 0.299. The maximum absolute atomic E-state index is 12.4. The minimum atomic E-state index is -0.148. The Labute approximate surface area is 131 Å². The summed E-state index contributed by atoms with van der Waals surface area (Å²) in [6.45, 7) is 5.24. The summed E-state index contributed by atoms with van der Waals surface area (Å²) >= 11 is 0. The van der Waals surface area contributed by atoms with Gasteiger partial charge in [0.15, 0.2) is 0 Å². The highest BCUT2D eigenvalue weighted by molar-refractivity contribution is 5.96. The van der Waals surface area contributed by atoms with Crippen LogP contribution in [-0.2, 0) is 4.79 Å².